The number of hydrogen-bond acceptors (Lipinski definition) is 4. The highest BCUT2D eigenvalue weighted by atomic mass is 32.1. The monoisotopic (exact) mass is 288 g/mol. The van der Waals surface area contributed by atoms with Crippen molar-refractivity contribution in [3.8, 4) is 0 Å². The lowest BCUT2D eigenvalue weighted by Gasteiger charge is -2.17. The largest absolute Gasteiger partial charge is 0.372 e. The van der Waals surface area contributed by atoms with Crippen molar-refractivity contribution >= 4 is 40.6 Å². The summed E-state index contributed by atoms with van der Waals surface area (Å²) in [6.45, 7) is 0.797. The van der Waals surface area contributed by atoms with Crippen molar-refractivity contribution in [2.75, 3.05) is 13.2 Å². The SMILES string of the molecule is O=C1/C(=C\c2ccsc2)COC/C1=C\c1ccsc1. The minimum atomic E-state index is 0.101. The van der Waals surface area contributed by atoms with Crippen molar-refractivity contribution in [2.45, 2.75) is 0 Å². The molecule has 1 aliphatic rings. The van der Waals surface area contributed by atoms with Crippen LogP contribution in [-0.2, 0) is 9.53 Å². The standard InChI is InChI=1S/C15H12O2S2/c16-15-13(5-11-1-3-18-9-11)7-17-8-14(15)6-12-2-4-19-10-12/h1-6,9-10H,7-8H2/b13-5-,14-6+. The van der Waals surface area contributed by atoms with Gasteiger partial charge in [0.05, 0.1) is 13.2 Å². The molecule has 0 aromatic carbocycles. The Balaban J connectivity index is 1.87. The molecule has 2 nitrogen and oxygen atoms in total. The van der Waals surface area contributed by atoms with E-state index in [0.29, 0.717) is 13.2 Å². The number of carbonyl (C=O) groups excluding carboxylic acids is 1. The number of thiophene rings is 2. The Morgan fingerprint density at radius 2 is 1.47 bits per heavy atom. The van der Waals surface area contributed by atoms with Gasteiger partial charge in [0.25, 0.3) is 0 Å². The lowest BCUT2D eigenvalue weighted by Crippen LogP contribution is -2.21. The summed E-state index contributed by atoms with van der Waals surface area (Å²) in [5.41, 5.74) is 3.58. The fraction of sp³-hybridized carbons (Fsp3) is 0.133. The summed E-state index contributed by atoms with van der Waals surface area (Å²) in [6.07, 6.45) is 3.83. The van der Waals surface area contributed by atoms with Crippen LogP contribution in [0.15, 0.2) is 44.8 Å². The molecule has 1 saturated heterocycles. The minimum Gasteiger partial charge on any atom is -0.372 e. The summed E-state index contributed by atoms with van der Waals surface area (Å²) in [7, 11) is 0. The van der Waals surface area contributed by atoms with Gasteiger partial charge in [-0.05, 0) is 56.9 Å². The topological polar surface area (TPSA) is 26.3 Å². The summed E-state index contributed by atoms with van der Waals surface area (Å²) in [5.74, 6) is 0.101. The molecule has 2 aromatic heterocycles. The smallest absolute Gasteiger partial charge is 0.189 e. The van der Waals surface area contributed by atoms with Crippen LogP contribution in [0.4, 0.5) is 0 Å². The van der Waals surface area contributed by atoms with Gasteiger partial charge in [-0.3, -0.25) is 4.79 Å². The van der Waals surface area contributed by atoms with E-state index in [2.05, 4.69) is 0 Å². The van der Waals surface area contributed by atoms with Crippen molar-refractivity contribution in [3.05, 3.63) is 55.9 Å². The van der Waals surface area contributed by atoms with Gasteiger partial charge in [-0.1, -0.05) is 0 Å². The van der Waals surface area contributed by atoms with Crippen molar-refractivity contribution in [1.29, 1.82) is 0 Å². The van der Waals surface area contributed by atoms with Crippen LogP contribution in [0.5, 0.6) is 0 Å². The van der Waals surface area contributed by atoms with Gasteiger partial charge in [0.1, 0.15) is 0 Å². The Hall–Kier alpha value is -1.49. The molecule has 4 heteroatoms. The molecular weight excluding hydrogens is 276 g/mol. The van der Waals surface area contributed by atoms with Gasteiger partial charge < -0.3 is 4.74 Å². The van der Waals surface area contributed by atoms with E-state index in [1.165, 1.54) is 0 Å². The van der Waals surface area contributed by atoms with Gasteiger partial charge in [0.15, 0.2) is 5.78 Å². The maximum Gasteiger partial charge on any atom is 0.189 e. The third-order valence-corrected chi connectivity index (χ3v) is 4.27. The molecule has 3 rings (SSSR count). The third-order valence-electron chi connectivity index (χ3n) is 2.87. The molecule has 0 N–H and O–H groups in total. The van der Waals surface area contributed by atoms with Crippen LogP contribution in [0.2, 0.25) is 0 Å². The molecule has 0 atom stereocenters. The summed E-state index contributed by atoms with van der Waals surface area (Å²) >= 11 is 3.25. The summed E-state index contributed by atoms with van der Waals surface area (Å²) < 4.78 is 5.51. The molecule has 0 unspecified atom stereocenters. The number of ketones is 1. The number of carbonyl (C=O) groups is 1. The third kappa shape index (κ3) is 2.92. The minimum absolute atomic E-state index is 0.101. The molecule has 96 valence electrons. The Morgan fingerprint density at radius 1 is 0.947 bits per heavy atom. The second-order valence-corrected chi connectivity index (χ2v) is 5.83. The molecule has 0 spiro atoms. The van der Waals surface area contributed by atoms with Crippen LogP contribution in [0, 0.1) is 0 Å². The maximum atomic E-state index is 12.4. The van der Waals surface area contributed by atoms with Crippen LogP contribution in [0.1, 0.15) is 11.1 Å². The van der Waals surface area contributed by atoms with Gasteiger partial charge >= 0.3 is 0 Å². The Kier molecular flexibility index (Phi) is 3.73. The average molecular weight is 288 g/mol. The molecule has 0 saturated carbocycles. The van der Waals surface area contributed by atoms with E-state index >= 15 is 0 Å². The molecular formula is C15H12O2S2. The zero-order valence-electron chi connectivity index (χ0n) is 10.2. The zero-order valence-corrected chi connectivity index (χ0v) is 11.8. The Morgan fingerprint density at radius 3 is 1.89 bits per heavy atom. The number of Topliss-reactive ketones (excluding diaryl/α,β-unsaturated/α-hetero) is 1. The van der Waals surface area contributed by atoms with Crippen molar-refractivity contribution in [3.63, 3.8) is 0 Å². The van der Waals surface area contributed by atoms with Crippen LogP contribution in [0.3, 0.4) is 0 Å². The number of ether oxygens (including phenoxy) is 1. The molecule has 0 amide bonds. The van der Waals surface area contributed by atoms with E-state index in [1.54, 1.807) is 22.7 Å². The second-order valence-electron chi connectivity index (χ2n) is 4.27. The highest BCUT2D eigenvalue weighted by Gasteiger charge is 2.21. The van der Waals surface area contributed by atoms with E-state index in [0.717, 1.165) is 22.3 Å². The van der Waals surface area contributed by atoms with Gasteiger partial charge in [0.2, 0.25) is 0 Å². The van der Waals surface area contributed by atoms with E-state index in [1.807, 2.05) is 45.8 Å². The predicted octanol–water partition coefficient (Wildman–Crippen LogP) is 3.88. The highest BCUT2D eigenvalue weighted by Crippen LogP contribution is 2.21. The quantitative estimate of drug-likeness (QED) is 0.784. The van der Waals surface area contributed by atoms with Crippen LogP contribution >= 0.6 is 22.7 Å². The lowest BCUT2D eigenvalue weighted by molar-refractivity contribution is -0.114. The molecule has 0 aliphatic carbocycles. The Bertz CT molecular complexity index is 565. The predicted molar refractivity (Wildman–Crippen MR) is 80.4 cm³/mol. The van der Waals surface area contributed by atoms with Crippen LogP contribution in [-0.4, -0.2) is 19.0 Å². The molecule has 19 heavy (non-hydrogen) atoms. The molecule has 0 radical (unpaired) electrons. The van der Waals surface area contributed by atoms with E-state index < -0.39 is 0 Å². The fourth-order valence-electron chi connectivity index (χ4n) is 1.94. The molecule has 1 fully saturated rings. The first-order chi connectivity index (χ1) is 9.33. The zero-order chi connectivity index (χ0) is 13.1. The number of rotatable bonds is 2. The van der Waals surface area contributed by atoms with Gasteiger partial charge in [0, 0.05) is 11.1 Å². The van der Waals surface area contributed by atoms with Crippen LogP contribution < -0.4 is 0 Å². The summed E-state index contributed by atoms with van der Waals surface area (Å²) in [6, 6.07) is 4.00. The molecule has 3 heterocycles. The second kappa shape index (κ2) is 5.65. The summed E-state index contributed by atoms with van der Waals surface area (Å²) in [5, 5.41) is 8.06. The Labute approximate surface area is 119 Å². The van der Waals surface area contributed by atoms with Crippen LogP contribution in [0.25, 0.3) is 12.2 Å². The van der Waals surface area contributed by atoms with Gasteiger partial charge in [-0.2, -0.15) is 22.7 Å². The summed E-state index contributed by atoms with van der Waals surface area (Å²) in [4.78, 5) is 12.4. The normalized spacial score (nSPS) is 20.3. The van der Waals surface area contributed by atoms with E-state index in [-0.39, 0.29) is 5.78 Å². The molecule has 2 aromatic rings. The van der Waals surface area contributed by atoms with Gasteiger partial charge in [-0.15, -0.1) is 0 Å². The van der Waals surface area contributed by atoms with Crippen molar-refractivity contribution < 1.29 is 9.53 Å². The van der Waals surface area contributed by atoms with E-state index in [4.69, 9.17) is 4.74 Å². The number of hydrogen-bond donors (Lipinski definition) is 0. The maximum absolute atomic E-state index is 12.4. The lowest BCUT2D eigenvalue weighted by atomic mass is 9.99. The van der Waals surface area contributed by atoms with Gasteiger partial charge in [-0.25, -0.2) is 0 Å². The van der Waals surface area contributed by atoms with Crippen molar-refractivity contribution in [2.24, 2.45) is 0 Å². The van der Waals surface area contributed by atoms with E-state index in [9.17, 15) is 4.79 Å². The van der Waals surface area contributed by atoms with Crippen molar-refractivity contribution in [1.82, 2.24) is 0 Å². The molecule has 0 bridgehead atoms. The highest BCUT2D eigenvalue weighted by molar-refractivity contribution is 7.08. The average Bonchev–Trinajstić information content (AvgIpc) is 3.07. The first-order valence-electron chi connectivity index (χ1n) is 5.91. The molecule has 1 aliphatic heterocycles. The first-order valence-corrected chi connectivity index (χ1v) is 7.79. The first kappa shape index (κ1) is 12.5. The fourth-order valence-corrected chi connectivity index (χ4v) is 3.18.